The van der Waals surface area contributed by atoms with Crippen LogP contribution in [0, 0.1) is 10.8 Å². The summed E-state index contributed by atoms with van der Waals surface area (Å²) in [7, 11) is 0. The third-order valence-corrected chi connectivity index (χ3v) is 5.49. The lowest BCUT2D eigenvalue weighted by molar-refractivity contribution is -0.250. The Labute approximate surface area is 177 Å². The molecule has 2 fully saturated rings. The van der Waals surface area contributed by atoms with Crippen molar-refractivity contribution in [3.8, 4) is 0 Å². The van der Waals surface area contributed by atoms with Crippen molar-refractivity contribution in [1.82, 2.24) is 0 Å². The standard InChI is InChI=1S/2C10H20O5/c2*1-10(2,3)9-8(14)7(13)6(12)5(4-11)15-9/h2*5-9,11-14H,4H2,1-3H3/t2*5?,6-,7+,8?,9-/m11/s1. The highest BCUT2D eigenvalue weighted by atomic mass is 16.6. The summed E-state index contributed by atoms with van der Waals surface area (Å²) in [6, 6.07) is 0. The van der Waals surface area contributed by atoms with Crippen LogP contribution in [0.25, 0.3) is 0 Å². The molecule has 0 aromatic heterocycles. The highest BCUT2D eigenvalue weighted by Gasteiger charge is 2.48. The van der Waals surface area contributed by atoms with Gasteiger partial charge in [0.1, 0.15) is 48.8 Å². The first-order valence-electron chi connectivity index (χ1n) is 10.2. The fraction of sp³-hybridized carbons (Fsp3) is 1.00. The lowest BCUT2D eigenvalue weighted by atomic mass is 9.80. The molecule has 2 heterocycles. The van der Waals surface area contributed by atoms with Gasteiger partial charge in [0.25, 0.3) is 0 Å². The van der Waals surface area contributed by atoms with E-state index in [1.807, 2.05) is 41.5 Å². The summed E-state index contributed by atoms with van der Waals surface area (Å²) < 4.78 is 10.8. The van der Waals surface area contributed by atoms with Crippen LogP contribution in [0.5, 0.6) is 0 Å². The van der Waals surface area contributed by atoms with Crippen LogP contribution in [0.3, 0.4) is 0 Å². The van der Waals surface area contributed by atoms with E-state index in [0.717, 1.165) is 0 Å². The maximum Gasteiger partial charge on any atom is 0.111 e. The summed E-state index contributed by atoms with van der Waals surface area (Å²) >= 11 is 0. The first kappa shape index (κ1) is 27.6. The van der Waals surface area contributed by atoms with Crippen molar-refractivity contribution in [1.29, 1.82) is 0 Å². The van der Waals surface area contributed by atoms with Crippen LogP contribution in [-0.2, 0) is 9.47 Å². The molecular formula is C20H40O10. The van der Waals surface area contributed by atoms with Crippen molar-refractivity contribution < 1.29 is 50.3 Å². The Hall–Kier alpha value is -0.400. The predicted molar refractivity (Wildman–Crippen MR) is 106 cm³/mol. The van der Waals surface area contributed by atoms with Crippen LogP contribution in [-0.4, -0.2) is 115 Å². The molecule has 10 atom stereocenters. The van der Waals surface area contributed by atoms with Gasteiger partial charge in [-0.1, -0.05) is 41.5 Å². The second-order valence-corrected chi connectivity index (χ2v) is 10.2. The maximum absolute atomic E-state index is 9.74. The van der Waals surface area contributed by atoms with Gasteiger partial charge in [-0.2, -0.15) is 0 Å². The molecule has 2 rings (SSSR count). The molecule has 180 valence electrons. The fourth-order valence-electron chi connectivity index (χ4n) is 3.64. The maximum atomic E-state index is 9.74. The van der Waals surface area contributed by atoms with Gasteiger partial charge in [0.15, 0.2) is 0 Å². The Morgan fingerprint density at radius 3 is 0.967 bits per heavy atom. The molecule has 0 aromatic rings. The number of aliphatic hydroxyl groups is 8. The minimum absolute atomic E-state index is 0.367. The van der Waals surface area contributed by atoms with E-state index in [1.165, 1.54) is 0 Å². The van der Waals surface area contributed by atoms with Gasteiger partial charge in [0, 0.05) is 0 Å². The third-order valence-electron chi connectivity index (χ3n) is 5.49. The molecule has 0 amide bonds. The highest BCUT2D eigenvalue weighted by Crippen LogP contribution is 2.33. The second-order valence-electron chi connectivity index (χ2n) is 10.2. The SMILES string of the molecule is CC(C)(C)[C@@H]1OC(CO)[C@@H](O)[C@H](O)C1O.CC(C)(C)[C@@H]1OC(CO)[C@@H](O)[C@H](O)C1O. The van der Waals surface area contributed by atoms with Crippen LogP contribution in [0.1, 0.15) is 41.5 Å². The van der Waals surface area contributed by atoms with Crippen molar-refractivity contribution in [2.45, 2.75) is 103 Å². The van der Waals surface area contributed by atoms with Gasteiger partial charge in [-0.25, -0.2) is 0 Å². The van der Waals surface area contributed by atoms with Crippen LogP contribution in [0.2, 0.25) is 0 Å². The molecule has 0 radical (unpaired) electrons. The molecular weight excluding hydrogens is 400 g/mol. The topological polar surface area (TPSA) is 180 Å². The lowest BCUT2D eigenvalue weighted by Crippen LogP contribution is -2.61. The summed E-state index contributed by atoms with van der Waals surface area (Å²) in [6.45, 7) is 10.4. The first-order chi connectivity index (χ1) is 13.6. The van der Waals surface area contributed by atoms with E-state index < -0.39 is 61.0 Å². The van der Waals surface area contributed by atoms with Crippen molar-refractivity contribution in [2.75, 3.05) is 13.2 Å². The molecule has 0 saturated carbocycles. The number of rotatable bonds is 2. The largest absolute Gasteiger partial charge is 0.394 e. The Morgan fingerprint density at radius 1 is 0.500 bits per heavy atom. The summed E-state index contributed by atoms with van der Waals surface area (Å²) in [5.41, 5.74) is -0.734. The summed E-state index contributed by atoms with van der Waals surface area (Å²) in [4.78, 5) is 0. The van der Waals surface area contributed by atoms with E-state index in [1.54, 1.807) is 0 Å². The Balaban J connectivity index is 0.000000300. The molecule has 2 saturated heterocycles. The summed E-state index contributed by atoms with van der Waals surface area (Å²) in [5.74, 6) is 0. The van der Waals surface area contributed by atoms with E-state index >= 15 is 0 Å². The quantitative estimate of drug-likeness (QED) is 0.234. The minimum atomic E-state index is -1.28. The molecule has 8 N–H and O–H groups in total. The van der Waals surface area contributed by atoms with Gasteiger partial charge in [-0.3, -0.25) is 0 Å². The minimum Gasteiger partial charge on any atom is -0.394 e. The summed E-state index contributed by atoms with van der Waals surface area (Å²) in [5, 5.41) is 75.6. The highest BCUT2D eigenvalue weighted by molar-refractivity contribution is 4.97. The molecule has 2 aliphatic heterocycles. The second kappa shape index (κ2) is 10.5. The Kier molecular flexibility index (Phi) is 9.65. The van der Waals surface area contributed by atoms with E-state index in [9.17, 15) is 30.6 Å². The van der Waals surface area contributed by atoms with Crippen LogP contribution in [0.4, 0.5) is 0 Å². The van der Waals surface area contributed by atoms with Crippen LogP contribution >= 0.6 is 0 Å². The Morgan fingerprint density at radius 2 is 0.767 bits per heavy atom. The van der Waals surface area contributed by atoms with E-state index in [4.69, 9.17) is 19.7 Å². The van der Waals surface area contributed by atoms with E-state index in [2.05, 4.69) is 0 Å². The molecule has 30 heavy (non-hydrogen) atoms. The average molecular weight is 441 g/mol. The average Bonchev–Trinajstić information content (AvgIpc) is 2.63. The van der Waals surface area contributed by atoms with Gasteiger partial charge in [0.05, 0.1) is 25.4 Å². The van der Waals surface area contributed by atoms with Crippen LogP contribution < -0.4 is 0 Å². The molecule has 0 bridgehead atoms. The van der Waals surface area contributed by atoms with Gasteiger partial charge < -0.3 is 50.3 Å². The zero-order valence-corrected chi connectivity index (χ0v) is 18.6. The zero-order valence-electron chi connectivity index (χ0n) is 18.6. The zero-order chi connectivity index (χ0) is 23.6. The van der Waals surface area contributed by atoms with Gasteiger partial charge in [-0.15, -0.1) is 0 Å². The number of hydrogen-bond acceptors (Lipinski definition) is 10. The van der Waals surface area contributed by atoms with Crippen molar-refractivity contribution >= 4 is 0 Å². The molecule has 0 spiro atoms. The number of aliphatic hydroxyl groups excluding tert-OH is 8. The first-order valence-corrected chi connectivity index (χ1v) is 10.2. The molecule has 2 aliphatic rings. The smallest absolute Gasteiger partial charge is 0.111 e. The van der Waals surface area contributed by atoms with Gasteiger partial charge in [-0.05, 0) is 10.8 Å². The molecule has 10 heteroatoms. The normalized spacial score (nSPS) is 43.0. The van der Waals surface area contributed by atoms with Crippen molar-refractivity contribution in [3.05, 3.63) is 0 Å². The van der Waals surface area contributed by atoms with E-state index in [0.29, 0.717) is 0 Å². The molecule has 4 unspecified atom stereocenters. The summed E-state index contributed by atoms with van der Waals surface area (Å²) in [6.07, 6.45) is -10.2. The molecule has 0 aromatic carbocycles. The predicted octanol–water partition coefficient (Wildman–Crippen LogP) is -2.25. The van der Waals surface area contributed by atoms with Gasteiger partial charge >= 0.3 is 0 Å². The Bertz CT molecular complexity index is 467. The lowest BCUT2D eigenvalue weighted by Gasteiger charge is -2.45. The number of ether oxygens (including phenoxy) is 2. The van der Waals surface area contributed by atoms with Crippen molar-refractivity contribution in [3.63, 3.8) is 0 Å². The molecule has 10 nitrogen and oxygen atoms in total. The van der Waals surface area contributed by atoms with Crippen LogP contribution in [0.15, 0.2) is 0 Å². The third kappa shape index (κ3) is 6.32. The molecule has 0 aliphatic carbocycles. The fourth-order valence-corrected chi connectivity index (χ4v) is 3.64. The van der Waals surface area contributed by atoms with Crippen molar-refractivity contribution in [2.24, 2.45) is 10.8 Å². The van der Waals surface area contributed by atoms with Gasteiger partial charge in [0.2, 0.25) is 0 Å². The monoisotopic (exact) mass is 440 g/mol. The van der Waals surface area contributed by atoms with E-state index in [-0.39, 0.29) is 24.0 Å². The number of hydrogen-bond donors (Lipinski definition) is 8.